The molecule has 6 heteroatoms. The van der Waals surface area contributed by atoms with Gasteiger partial charge in [-0.25, -0.2) is 4.79 Å². The van der Waals surface area contributed by atoms with Crippen LogP contribution in [0.15, 0.2) is 18.2 Å². The van der Waals surface area contributed by atoms with Crippen molar-refractivity contribution in [3.05, 3.63) is 39.3 Å². The van der Waals surface area contributed by atoms with E-state index >= 15 is 0 Å². The maximum absolute atomic E-state index is 11.1. The summed E-state index contributed by atoms with van der Waals surface area (Å²) in [5, 5.41) is 13.8. The molecule has 5 nitrogen and oxygen atoms in total. The number of carboxylic acids is 1. The van der Waals surface area contributed by atoms with Gasteiger partial charge in [0.25, 0.3) is 0 Å². The van der Waals surface area contributed by atoms with E-state index in [0.717, 1.165) is 31.6 Å². The number of thiophene rings is 1. The van der Waals surface area contributed by atoms with Gasteiger partial charge in [0.1, 0.15) is 4.88 Å². The molecule has 1 unspecified atom stereocenters. The molecule has 23 heavy (non-hydrogen) atoms. The monoisotopic (exact) mass is 331 g/mol. The first-order valence-corrected chi connectivity index (χ1v) is 9.03. The van der Waals surface area contributed by atoms with Crippen molar-refractivity contribution in [2.24, 2.45) is 7.05 Å². The summed E-state index contributed by atoms with van der Waals surface area (Å²) in [7, 11) is 2.04. The van der Waals surface area contributed by atoms with Gasteiger partial charge in [0.2, 0.25) is 0 Å². The zero-order valence-corrected chi connectivity index (χ0v) is 14.1. The highest BCUT2D eigenvalue weighted by Gasteiger charge is 2.30. The summed E-state index contributed by atoms with van der Waals surface area (Å²) in [5.74, 6) is -0.115. The average molecular weight is 331 g/mol. The van der Waals surface area contributed by atoms with Crippen LogP contribution in [0.5, 0.6) is 0 Å². The molecule has 1 saturated carbocycles. The Morgan fingerprint density at radius 3 is 2.91 bits per heavy atom. The second-order valence-electron chi connectivity index (χ2n) is 6.59. The summed E-state index contributed by atoms with van der Waals surface area (Å²) in [5.41, 5.74) is 2.50. The van der Waals surface area contributed by atoms with Gasteiger partial charge in [-0.2, -0.15) is 5.10 Å². The van der Waals surface area contributed by atoms with Crippen LogP contribution in [0.2, 0.25) is 0 Å². The van der Waals surface area contributed by atoms with Crippen molar-refractivity contribution >= 4 is 17.3 Å². The van der Waals surface area contributed by atoms with Crippen LogP contribution in [-0.2, 0) is 13.6 Å². The van der Waals surface area contributed by atoms with Crippen molar-refractivity contribution in [3.8, 4) is 0 Å². The van der Waals surface area contributed by atoms with E-state index in [2.05, 4.69) is 16.1 Å². The van der Waals surface area contributed by atoms with Crippen LogP contribution in [0.4, 0.5) is 0 Å². The van der Waals surface area contributed by atoms with Gasteiger partial charge in [-0.1, -0.05) is 0 Å². The SMILES string of the molecule is Cn1nc(CN2CCCC2c2ccc(C(=O)O)s2)cc1C1CC1. The lowest BCUT2D eigenvalue weighted by atomic mass is 10.2. The standard InChI is InChI=1S/C17H21N3O2S/c1-19-14(11-4-5-11)9-12(18-19)10-20-8-2-3-13(20)15-6-7-16(23-15)17(21)22/h6-7,9,11,13H,2-5,8,10H2,1H3,(H,21,22). The molecule has 122 valence electrons. The summed E-state index contributed by atoms with van der Waals surface area (Å²) in [6.45, 7) is 1.91. The van der Waals surface area contributed by atoms with Crippen molar-refractivity contribution in [2.45, 2.75) is 44.2 Å². The Morgan fingerprint density at radius 1 is 1.39 bits per heavy atom. The second kappa shape index (κ2) is 5.76. The van der Waals surface area contributed by atoms with Crippen LogP contribution < -0.4 is 0 Å². The average Bonchev–Trinajstić information content (AvgIpc) is 2.93. The first-order valence-electron chi connectivity index (χ1n) is 8.21. The van der Waals surface area contributed by atoms with Crippen molar-refractivity contribution in [2.75, 3.05) is 6.54 Å². The summed E-state index contributed by atoms with van der Waals surface area (Å²) in [6.07, 6.45) is 4.84. The van der Waals surface area contributed by atoms with E-state index in [9.17, 15) is 4.79 Å². The molecule has 0 spiro atoms. The summed E-state index contributed by atoms with van der Waals surface area (Å²) >= 11 is 1.41. The molecule has 3 heterocycles. The van der Waals surface area contributed by atoms with E-state index in [0.29, 0.717) is 16.8 Å². The van der Waals surface area contributed by atoms with Gasteiger partial charge in [-0.3, -0.25) is 9.58 Å². The minimum Gasteiger partial charge on any atom is -0.477 e. The number of likely N-dealkylation sites (tertiary alicyclic amines) is 1. The summed E-state index contributed by atoms with van der Waals surface area (Å²) in [4.78, 5) is 15.1. The summed E-state index contributed by atoms with van der Waals surface area (Å²) in [6, 6.07) is 6.29. The molecule has 4 rings (SSSR count). The fraction of sp³-hybridized carbons (Fsp3) is 0.529. The molecule has 1 saturated heterocycles. The number of nitrogens with zero attached hydrogens (tertiary/aromatic N) is 3. The zero-order valence-electron chi connectivity index (χ0n) is 13.2. The lowest BCUT2D eigenvalue weighted by Gasteiger charge is -2.22. The predicted molar refractivity (Wildman–Crippen MR) is 88.8 cm³/mol. The minimum absolute atomic E-state index is 0.333. The Labute approximate surface area is 139 Å². The Bertz CT molecular complexity index is 732. The van der Waals surface area contributed by atoms with Gasteiger partial charge in [-0.15, -0.1) is 11.3 Å². The molecule has 0 aromatic carbocycles. The lowest BCUT2D eigenvalue weighted by molar-refractivity contribution is 0.0702. The predicted octanol–water partition coefficient (Wildman–Crippen LogP) is 3.39. The third-order valence-corrected chi connectivity index (χ3v) is 6.03. The molecule has 2 aliphatic rings. The topological polar surface area (TPSA) is 58.4 Å². The molecule has 2 fully saturated rings. The number of aromatic nitrogens is 2. The largest absolute Gasteiger partial charge is 0.477 e. The fourth-order valence-electron chi connectivity index (χ4n) is 3.57. The van der Waals surface area contributed by atoms with E-state index in [4.69, 9.17) is 5.11 Å². The quantitative estimate of drug-likeness (QED) is 0.912. The van der Waals surface area contributed by atoms with Crippen molar-refractivity contribution in [1.82, 2.24) is 14.7 Å². The maximum Gasteiger partial charge on any atom is 0.345 e. The molecular weight excluding hydrogens is 310 g/mol. The van der Waals surface area contributed by atoms with Gasteiger partial charge in [0.15, 0.2) is 0 Å². The number of hydrogen-bond acceptors (Lipinski definition) is 4. The Morgan fingerprint density at radius 2 is 2.22 bits per heavy atom. The van der Waals surface area contributed by atoms with Gasteiger partial charge >= 0.3 is 5.97 Å². The van der Waals surface area contributed by atoms with Gasteiger partial charge < -0.3 is 5.11 Å². The third-order valence-electron chi connectivity index (χ3n) is 4.86. The normalized spacial score (nSPS) is 21.9. The molecule has 1 aliphatic heterocycles. The van der Waals surface area contributed by atoms with Crippen LogP contribution in [0.3, 0.4) is 0 Å². The van der Waals surface area contributed by atoms with Crippen molar-refractivity contribution in [1.29, 1.82) is 0 Å². The van der Waals surface area contributed by atoms with E-state index in [-0.39, 0.29) is 0 Å². The molecule has 1 atom stereocenters. The van der Waals surface area contributed by atoms with Gasteiger partial charge in [-0.05, 0) is 50.4 Å². The van der Waals surface area contributed by atoms with Crippen LogP contribution in [0.1, 0.15) is 63.6 Å². The number of hydrogen-bond donors (Lipinski definition) is 1. The highest BCUT2D eigenvalue weighted by atomic mass is 32.1. The molecule has 0 bridgehead atoms. The molecule has 2 aromatic rings. The molecule has 0 amide bonds. The Hall–Kier alpha value is -1.66. The number of aryl methyl sites for hydroxylation is 1. The van der Waals surface area contributed by atoms with E-state index in [1.807, 2.05) is 17.8 Å². The fourth-order valence-corrected chi connectivity index (χ4v) is 4.59. The highest BCUT2D eigenvalue weighted by molar-refractivity contribution is 7.14. The van der Waals surface area contributed by atoms with Crippen LogP contribution in [-0.4, -0.2) is 32.3 Å². The van der Waals surface area contributed by atoms with Gasteiger partial charge in [0, 0.05) is 36.1 Å². The Kier molecular flexibility index (Phi) is 3.73. The number of rotatable bonds is 5. The van der Waals surface area contributed by atoms with Crippen LogP contribution >= 0.6 is 11.3 Å². The molecule has 1 aliphatic carbocycles. The van der Waals surface area contributed by atoms with E-state index in [1.165, 1.54) is 34.7 Å². The molecule has 2 aromatic heterocycles. The smallest absolute Gasteiger partial charge is 0.345 e. The first kappa shape index (κ1) is 14.9. The van der Waals surface area contributed by atoms with Gasteiger partial charge in [0.05, 0.1) is 5.69 Å². The third kappa shape index (κ3) is 2.93. The summed E-state index contributed by atoms with van der Waals surface area (Å²) < 4.78 is 2.03. The number of carbonyl (C=O) groups is 1. The highest BCUT2D eigenvalue weighted by Crippen LogP contribution is 2.41. The Balaban J connectivity index is 1.51. The van der Waals surface area contributed by atoms with Crippen molar-refractivity contribution < 1.29 is 9.90 Å². The second-order valence-corrected chi connectivity index (χ2v) is 7.71. The maximum atomic E-state index is 11.1. The van der Waals surface area contributed by atoms with E-state index in [1.54, 1.807) is 6.07 Å². The molecule has 0 radical (unpaired) electrons. The minimum atomic E-state index is -0.829. The lowest BCUT2D eigenvalue weighted by Crippen LogP contribution is -2.22. The van der Waals surface area contributed by atoms with Crippen LogP contribution in [0.25, 0.3) is 0 Å². The number of aromatic carboxylic acids is 1. The van der Waals surface area contributed by atoms with E-state index < -0.39 is 5.97 Å². The number of carboxylic acid groups (broad SMARTS) is 1. The molecular formula is C17H21N3O2S. The first-order chi connectivity index (χ1) is 11.1. The molecule has 1 N–H and O–H groups in total. The van der Waals surface area contributed by atoms with Crippen LogP contribution in [0, 0.1) is 0 Å². The zero-order chi connectivity index (χ0) is 16.0. The van der Waals surface area contributed by atoms with Crippen molar-refractivity contribution in [3.63, 3.8) is 0 Å².